The number of pyridine rings is 1. The minimum atomic E-state index is 0.0184. The summed E-state index contributed by atoms with van der Waals surface area (Å²) < 4.78 is 0. The molecule has 2 bridgehead atoms. The third kappa shape index (κ3) is 3.30. The van der Waals surface area contributed by atoms with Gasteiger partial charge < -0.3 is 9.80 Å². The second-order valence-corrected chi connectivity index (χ2v) is 7.52. The summed E-state index contributed by atoms with van der Waals surface area (Å²) in [6.07, 6.45) is 9.30. The second-order valence-electron chi connectivity index (χ2n) is 7.52. The maximum atomic E-state index is 12.7. The average molecular weight is 327 g/mol. The van der Waals surface area contributed by atoms with Crippen LogP contribution in [0.3, 0.4) is 0 Å². The van der Waals surface area contributed by atoms with Gasteiger partial charge in [0.15, 0.2) is 0 Å². The number of hydrogen-bond donors (Lipinski definition) is 0. The molecule has 0 unspecified atom stereocenters. The molecule has 3 saturated heterocycles. The molecule has 5 heteroatoms. The number of hydrogen-bond acceptors (Lipinski definition) is 3. The average Bonchev–Trinajstić information content (AvgIpc) is 3.44. The molecule has 0 aromatic carbocycles. The Bertz CT molecular complexity index is 614. The number of carbonyl (C=O) groups excluding carboxylic acids is 2. The molecular formula is C19H25N3O2. The van der Waals surface area contributed by atoms with Crippen LogP contribution in [0.4, 0.5) is 0 Å². The maximum Gasteiger partial charge on any atom is 0.227 e. The van der Waals surface area contributed by atoms with Crippen molar-refractivity contribution in [2.45, 2.75) is 44.6 Å². The first-order chi connectivity index (χ1) is 11.7. The summed E-state index contributed by atoms with van der Waals surface area (Å²) in [5.41, 5.74) is 1.09. The van der Waals surface area contributed by atoms with Gasteiger partial charge in [-0.15, -0.1) is 0 Å². The van der Waals surface area contributed by atoms with Gasteiger partial charge in [-0.2, -0.15) is 0 Å². The van der Waals surface area contributed by atoms with E-state index in [1.54, 1.807) is 6.20 Å². The Hall–Kier alpha value is -1.91. The number of amides is 2. The fourth-order valence-corrected chi connectivity index (χ4v) is 4.02. The van der Waals surface area contributed by atoms with Gasteiger partial charge in [-0.1, -0.05) is 6.07 Å². The van der Waals surface area contributed by atoms with Crippen molar-refractivity contribution in [3.05, 3.63) is 30.1 Å². The Morgan fingerprint density at radius 2 is 2.08 bits per heavy atom. The van der Waals surface area contributed by atoms with E-state index in [9.17, 15) is 9.59 Å². The molecule has 5 nitrogen and oxygen atoms in total. The molecular weight excluding hydrogens is 302 g/mol. The van der Waals surface area contributed by atoms with Gasteiger partial charge in [-0.05, 0) is 49.7 Å². The predicted molar refractivity (Wildman–Crippen MR) is 90.1 cm³/mol. The molecule has 0 radical (unpaired) electrons. The zero-order valence-corrected chi connectivity index (χ0v) is 14.1. The smallest absolute Gasteiger partial charge is 0.227 e. The van der Waals surface area contributed by atoms with Gasteiger partial charge in [0.25, 0.3) is 0 Å². The number of aryl methyl sites for hydroxylation is 1. The van der Waals surface area contributed by atoms with Crippen molar-refractivity contribution >= 4 is 11.8 Å². The number of fused-ring (bicyclic) bond motifs is 4. The van der Waals surface area contributed by atoms with E-state index in [1.165, 1.54) is 12.8 Å². The van der Waals surface area contributed by atoms with Crippen LogP contribution >= 0.6 is 0 Å². The molecule has 1 aromatic heterocycles. The summed E-state index contributed by atoms with van der Waals surface area (Å²) in [6, 6.07) is 4.15. The van der Waals surface area contributed by atoms with Crippen molar-refractivity contribution in [1.82, 2.24) is 14.8 Å². The summed E-state index contributed by atoms with van der Waals surface area (Å²) in [4.78, 5) is 33.5. The summed E-state index contributed by atoms with van der Waals surface area (Å²) in [5.74, 6) is 1.20. The van der Waals surface area contributed by atoms with E-state index in [1.807, 2.05) is 23.2 Å². The van der Waals surface area contributed by atoms with E-state index in [4.69, 9.17) is 0 Å². The van der Waals surface area contributed by atoms with Crippen molar-refractivity contribution in [2.24, 2.45) is 11.8 Å². The zero-order valence-electron chi connectivity index (χ0n) is 14.1. The lowest BCUT2D eigenvalue weighted by Gasteiger charge is -2.36. The van der Waals surface area contributed by atoms with Crippen molar-refractivity contribution in [3.63, 3.8) is 0 Å². The standard InChI is InChI=1S/C19H25N3O2/c23-18(8-5-14-2-1-9-20-10-14)21-12-16-6-7-17(13-21)22(19(16)24)11-15-3-4-15/h1-2,9-10,15-17H,3-8,11-13H2/t16-,17+/m0/s1. The fraction of sp³-hybridized carbons (Fsp3) is 0.632. The Kier molecular flexibility index (Phi) is 4.25. The SMILES string of the molecule is O=C(CCc1cccnc1)N1C[C@@H]2CC[C@H](C1)N(CC1CC1)C2=O. The molecule has 2 amide bonds. The minimum Gasteiger partial charge on any atom is -0.340 e. The highest BCUT2D eigenvalue weighted by Crippen LogP contribution is 2.35. The van der Waals surface area contributed by atoms with Crippen LogP contribution in [-0.2, 0) is 16.0 Å². The maximum absolute atomic E-state index is 12.7. The lowest BCUT2D eigenvalue weighted by molar-refractivity contribution is -0.140. The van der Waals surface area contributed by atoms with E-state index in [0.29, 0.717) is 24.8 Å². The van der Waals surface area contributed by atoms with Gasteiger partial charge in [0.2, 0.25) is 11.8 Å². The van der Waals surface area contributed by atoms with Gasteiger partial charge in [0, 0.05) is 44.5 Å². The number of carbonyl (C=O) groups is 2. The van der Waals surface area contributed by atoms with E-state index in [-0.39, 0.29) is 17.9 Å². The quantitative estimate of drug-likeness (QED) is 0.830. The second kappa shape index (κ2) is 6.54. The van der Waals surface area contributed by atoms with Gasteiger partial charge in [-0.25, -0.2) is 0 Å². The van der Waals surface area contributed by atoms with E-state index in [2.05, 4.69) is 9.88 Å². The molecule has 3 aliphatic heterocycles. The molecule has 1 aliphatic carbocycles. The number of rotatable bonds is 5. The first-order valence-electron chi connectivity index (χ1n) is 9.18. The summed E-state index contributed by atoms with van der Waals surface area (Å²) in [5, 5.41) is 0. The van der Waals surface area contributed by atoms with Crippen LogP contribution in [0.15, 0.2) is 24.5 Å². The first kappa shape index (κ1) is 15.6. The Morgan fingerprint density at radius 1 is 1.21 bits per heavy atom. The van der Waals surface area contributed by atoms with Gasteiger partial charge in [0.05, 0.1) is 5.92 Å². The van der Waals surface area contributed by atoms with E-state index in [0.717, 1.165) is 37.9 Å². The molecule has 128 valence electrons. The molecule has 4 fully saturated rings. The van der Waals surface area contributed by atoms with E-state index >= 15 is 0 Å². The van der Waals surface area contributed by atoms with Crippen LogP contribution in [0.5, 0.6) is 0 Å². The molecule has 5 rings (SSSR count). The van der Waals surface area contributed by atoms with Crippen molar-refractivity contribution in [1.29, 1.82) is 0 Å². The van der Waals surface area contributed by atoms with Gasteiger partial charge in [0.1, 0.15) is 0 Å². The molecule has 4 aliphatic rings. The largest absolute Gasteiger partial charge is 0.340 e. The predicted octanol–water partition coefficient (Wildman–Crippen LogP) is 1.87. The van der Waals surface area contributed by atoms with E-state index < -0.39 is 0 Å². The van der Waals surface area contributed by atoms with Crippen LogP contribution < -0.4 is 0 Å². The molecule has 1 aromatic rings. The van der Waals surface area contributed by atoms with Crippen LogP contribution in [0.25, 0.3) is 0 Å². The van der Waals surface area contributed by atoms with Crippen molar-refractivity contribution in [3.8, 4) is 0 Å². The molecule has 0 N–H and O–H groups in total. The van der Waals surface area contributed by atoms with Crippen molar-refractivity contribution < 1.29 is 9.59 Å². The highest BCUT2D eigenvalue weighted by molar-refractivity contribution is 5.83. The highest BCUT2D eigenvalue weighted by Gasteiger charge is 2.43. The minimum absolute atomic E-state index is 0.0184. The lowest BCUT2D eigenvalue weighted by Crippen LogP contribution is -2.48. The summed E-state index contributed by atoms with van der Waals surface area (Å²) >= 11 is 0. The Morgan fingerprint density at radius 3 is 2.83 bits per heavy atom. The number of nitrogens with zero attached hydrogens (tertiary/aromatic N) is 3. The van der Waals surface area contributed by atoms with Crippen LogP contribution in [0.1, 0.15) is 37.7 Å². The fourth-order valence-electron chi connectivity index (χ4n) is 4.02. The Labute approximate surface area is 143 Å². The van der Waals surface area contributed by atoms with Crippen molar-refractivity contribution in [2.75, 3.05) is 19.6 Å². The molecule has 0 spiro atoms. The highest BCUT2D eigenvalue weighted by atomic mass is 16.2. The van der Waals surface area contributed by atoms with Gasteiger partial charge >= 0.3 is 0 Å². The molecule has 1 saturated carbocycles. The third-order valence-corrected chi connectivity index (χ3v) is 5.65. The number of piperidine rings is 1. The topological polar surface area (TPSA) is 53.5 Å². The lowest BCUT2D eigenvalue weighted by atomic mass is 9.94. The molecule has 24 heavy (non-hydrogen) atoms. The summed E-state index contributed by atoms with van der Waals surface area (Å²) in [6.45, 7) is 2.25. The number of aromatic nitrogens is 1. The monoisotopic (exact) mass is 327 g/mol. The zero-order chi connectivity index (χ0) is 16.5. The molecule has 2 atom stereocenters. The van der Waals surface area contributed by atoms with Crippen LogP contribution in [-0.4, -0.2) is 52.3 Å². The normalized spacial score (nSPS) is 26.6. The van der Waals surface area contributed by atoms with Gasteiger partial charge in [-0.3, -0.25) is 14.6 Å². The molecule has 4 heterocycles. The summed E-state index contributed by atoms with van der Waals surface area (Å²) in [7, 11) is 0. The Balaban J connectivity index is 1.39. The van der Waals surface area contributed by atoms with Crippen LogP contribution in [0.2, 0.25) is 0 Å². The van der Waals surface area contributed by atoms with Crippen LogP contribution in [0, 0.1) is 11.8 Å². The third-order valence-electron chi connectivity index (χ3n) is 5.65. The first-order valence-corrected chi connectivity index (χ1v) is 9.18.